The normalized spacial score (nSPS) is 18.8. The molecule has 2 heterocycles. The Kier molecular flexibility index (Phi) is 3.56. The summed E-state index contributed by atoms with van der Waals surface area (Å²) in [7, 11) is 0. The second-order valence-corrected chi connectivity index (χ2v) is 6.36. The third-order valence-corrected chi connectivity index (χ3v) is 5.00. The number of amides is 1. The number of thioether (sulfide) groups is 1. The number of fused-ring (bicyclic) bond motifs is 1. The summed E-state index contributed by atoms with van der Waals surface area (Å²) in [6.07, 6.45) is 0.897. The molecule has 2 aliphatic heterocycles. The predicted octanol–water partition coefficient (Wildman–Crippen LogP) is 2.59. The van der Waals surface area contributed by atoms with Crippen LogP contribution < -0.4 is 0 Å². The molecule has 1 N–H and O–H groups in total. The van der Waals surface area contributed by atoms with Crippen LogP contribution in [-0.2, 0) is 11.3 Å². The Morgan fingerprint density at radius 3 is 2.80 bits per heavy atom. The Bertz CT molecular complexity index is 552. The molecule has 0 unspecified atom stereocenters. The Balaban J connectivity index is 1.62. The van der Waals surface area contributed by atoms with Crippen molar-refractivity contribution in [3.8, 4) is 0 Å². The molecule has 0 aromatic heterocycles. The topological polar surface area (TPSA) is 66.8 Å². The molecule has 106 valence electrons. The lowest BCUT2D eigenvalue weighted by molar-refractivity contribution is 0.0535. The van der Waals surface area contributed by atoms with Crippen LogP contribution in [0.25, 0.3) is 0 Å². The minimum absolute atomic E-state index is 0.244. The van der Waals surface area contributed by atoms with Crippen LogP contribution in [0.3, 0.4) is 0 Å². The fraction of sp³-hybridized carbons (Fsp3) is 0.429. The zero-order valence-electron chi connectivity index (χ0n) is 10.9. The number of piperidine rings is 1. The van der Waals surface area contributed by atoms with Crippen LogP contribution in [0.5, 0.6) is 0 Å². The van der Waals surface area contributed by atoms with Crippen LogP contribution in [0.1, 0.15) is 28.8 Å². The van der Waals surface area contributed by atoms with Gasteiger partial charge >= 0.3 is 12.1 Å². The maximum atomic E-state index is 11.4. The van der Waals surface area contributed by atoms with Gasteiger partial charge in [-0.2, -0.15) is 0 Å². The van der Waals surface area contributed by atoms with Crippen molar-refractivity contribution in [2.24, 2.45) is 0 Å². The van der Waals surface area contributed by atoms with Gasteiger partial charge in [0.25, 0.3) is 0 Å². The van der Waals surface area contributed by atoms with Gasteiger partial charge in [0.05, 0.1) is 5.56 Å². The van der Waals surface area contributed by atoms with Gasteiger partial charge in [-0.3, -0.25) is 0 Å². The fourth-order valence-electron chi connectivity index (χ4n) is 2.54. The van der Waals surface area contributed by atoms with Crippen LogP contribution in [-0.4, -0.2) is 40.4 Å². The molecule has 1 aromatic rings. The lowest BCUT2D eigenvalue weighted by Gasteiger charge is -2.29. The number of hydrogen-bond donors (Lipinski definition) is 1. The molecule has 0 spiro atoms. The lowest BCUT2D eigenvalue weighted by Crippen LogP contribution is -2.38. The number of carboxylic acid groups (broad SMARTS) is 1. The SMILES string of the molecule is O=C1OCc2cc(SC3CCN(C(=O)O)CC3)ccc21. The largest absolute Gasteiger partial charge is 0.465 e. The molecule has 1 amide bonds. The summed E-state index contributed by atoms with van der Waals surface area (Å²) in [6.45, 7) is 1.55. The molecule has 6 heteroatoms. The van der Waals surface area contributed by atoms with Crippen molar-refractivity contribution in [1.82, 2.24) is 4.90 Å². The quantitative estimate of drug-likeness (QED) is 0.849. The van der Waals surface area contributed by atoms with Gasteiger partial charge in [0, 0.05) is 28.8 Å². The molecule has 0 saturated carbocycles. The highest BCUT2D eigenvalue weighted by atomic mass is 32.2. The summed E-state index contributed by atoms with van der Waals surface area (Å²) in [5.74, 6) is -0.244. The monoisotopic (exact) mass is 293 g/mol. The fourth-order valence-corrected chi connectivity index (χ4v) is 3.73. The van der Waals surface area contributed by atoms with E-state index in [0.717, 1.165) is 23.3 Å². The Labute approximate surface area is 120 Å². The van der Waals surface area contributed by atoms with Crippen molar-refractivity contribution in [2.75, 3.05) is 13.1 Å². The molecular weight excluding hydrogens is 278 g/mol. The van der Waals surface area contributed by atoms with E-state index in [2.05, 4.69) is 0 Å². The summed E-state index contributed by atoms with van der Waals surface area (Å²) in [6, 6.07) is 5.77. The second-order valence-electron chi connectivity index (χ2n) is 4.98. The summed E-state index contributed by atoms with van der Waals surface area (Å²) in [5.41, 5.74) is 1.61. The van der Waals surface area contributed by atoms with E-state index in [0.29, 0.717) is 30.5 Å². The average molecular weight is 293 g/mol. The van der Waals surface area contributed by atoms with E-state index in [-0.39, 0.29) is 5.97 Å². The van der Waals surface area contributed by atoms with Gasteiger partial charge in [0.2, 0.25) is 0 Å². The van der Waals surface area contributed by atoms with Gasteiger partial charge in [0.1, 0.15) is 6.61 Å². The van der Waals surface area contributed by atoms with Crippen molar-refractivity contribution >= 4 is 23.8 Å². The van der Waals surface area contributed by atoms with Crippen molar-refractivity contribution in [2.45, 2.75) is 29.6 Å². The number of rotatable bonds is 2. The van der Waals surface area contributed by atoms with Crippen LogP contribution in [0.15, 0.2) is 23.1 Å². The molecule has 0 aliphatic carbocycles. The molecule has 0 bridgehead atoms. The number of hydrogen-bond acceptors (Lipinski definition) is 4. The molecule has 1 saturated heterocycles. The van der Waals surface area contributed by atoms with Gasteiger partial charge in [-0.15, -0.1) is 11.8 Å². The number of carbonyl (C=O) groups excluding carboxylic acids is 1. The van der Waals surface area contributed by atoms with Gasteiger partial charge in [-0.05, 0) is 31.0 Å². The molecule has 5 nitrogen and oxygen atoms in total. The molecule has 0 atom stereocenters. The van der Waals surface area contributed by atoms with Gasteiger partial charge < -0.3 is 14.7 Å². The Hall–Kier alpha value is -1.69. The van der Waals surface area contributed by atoms with Crippen LogP contribution in [0.4, 0.5) is 4.79 Å². The molecule has 20 heavy (non-hydrogen) atoms. The van der Waals surface area contributed by atoms with E-state index in [1.807, 2.05) is 18.2 Å². The molecule has 0 radical (unpaired) electrons. The van der Waals surface area contributed by atoms with E-state index in [9.17, 15) is 9.59 Å². The second kappa shape index (κ2) is 5.36. The smallest absolute Gasteiger partial charge is 0.407 e. The summed E-state index contributed by atoms with van der Waals surface area (Å²) < 4.78 is 4.99. The number of carbonyl (C=O) groups is 2. The molecule has 3 rings (SSSR count). The van der Waals surface area contributed by atoms with Crippen molar-refractivity contribution in [1.29, 1.82) is 0 Å². The Morgan fingerprint density at radius 2 is 2.10 bits per heavy atom. The molecule has 1 fully saturated rings. The molecular formula is C14H15NO4S. The number of ether oxygens (including phenoxy) is 1. The number of benzene rings is 1. The van der Waals surface area contributed by atoms with Gasteiger partial charge in [-0.25, -0.2) is 9.59 Å². The van der Waals surface area contributed by atoms with Crippen LogP contribution >= 0.6 is 11.8 Å². The van der Waals surface area contributed by atoms with Gasteiger partial charge in [-0.1, -0.05) is 0 Å². The number of likely N-dealkylation sites (tertiary alicyclic amines) is 1. The Morgan fingerprint density at radius 1 is 1.35 bits per heavy atom. The zero-order chi connectivity index (χ0) is 14.1. The maximum Gasteiger partial charge on any atom is 0.407 e. The lowest BCUT2D eigenvalue weighted by atomic mass is 10.1. The van der Waals surface area contributed by atoms with E-state index in [1.54, 1.807) is 11.8 Å². The van der Waals surface area contributed by atoms with Crippen molar-refractivity contribution in [3.63, 3.8) is 0 Å². The minimum atomic E-state index is -0.832. The van der Waals surface area contributed by atoms with E-state index in [1.165, 1.54) is 4.90 Å². The van der Waals surface area contributed by atoms with Crippen molar-refractivity contribution < 1.29 is 19.4 Å². The minimum Gasteiger partial charge on any atom is -0.465 e. The number of esters is 1. The highest BCUT2D eigenvalue weighted by molar-refractivity contribution is 8.00. The van der Waals surface area contributed by atoms with E-state index >= 15 is 0 Å². The van der Waals surface area contributed by atoms with Crippen molar-refractivity contribution in [3.05, 3.63) is 29.3 Å². The molecule has 2 aliphatic rings. The highest BCUT2D eigenvalue weighted by Gasteiger charge is 2.25. The first kappa shape index (κ1) is 13.3. The number of cyclic esters (lactones) is 1. The summed E-state index contributed by atoms with van der Waals surface area (Å²) in [4.78, 5) is 24.8. The first-order chi connectivity index (χ1) is 9.63. The van der Waals surface area contributed by atoms with Crippen LogP contribution in [0.2, 0.25) is 0 Å². The highest BCUT2D eigenvalue weighted by Crippen LogP contribution is 2.33. The van der Waals surface area contributed by atoms with E-state index < -0.39 is 6.09 Å². The third kappa shape index (κ3) is 2.60. The first-order valence-corrected chi connectivity index (χ1v) is 7.46. The van der Waals surface area contributed by atoms with E-state index in [4.69, 9.17) is 9.84 Å². The first-order valence-electron chi connectivity index (χ1n) is 6.58. The third-order valence-electron chi connectivity index (χ3n) is 3.67. The summed E-state index contributed by atoms with van der Waals surface area (Å²) >= 11 is 1.76. The maximum absolute atomic E-state index is 11.4. The zero-order valence-corrected chi connectivity index (χ0v) is 11.7. The van der Waals surface area contributed by atoms with Crippen LogP contribution in [0, 0.1) is 0 Å². The average Bonchev–Trinajstić information content (AvgIpc) is 2.81. The molecule has 1 aromatic carbocycles. The number of nitrogens with zero attached hydrogens (tertiary/aromatic N) is 1. The summed E-state index contributed by atoms with van der Waals surface area (Å²) in [5, 5.41) is 9.35. The predicted molar refractivity (Wildman–Crippen MR) is 74.0 cm³/mol. The standard InChI is InChI=1S/C14H15NO4S/c16-13-12-2-1-11(7-9(12)8-19-13)20-10-3-5-15(6-4-10)14(17)18/h1-2,7,10H,3-6,8H2,(H,17,18). The van der Waals surface area contributed by atoms with Gasteiger partial charge in [0.15, 0.2) is 0 Å².